The number of aromatic nitrogens is 2. The van der Waals surface area contributed by atoms with Gasteiger partial charge in [0.2, 0.25) is 5.89 Å². The highest BCUT2D eigenvalue weighted by atomic mass is 32.2. The van der Waals surface area contributed by atoms with Crippen LogP contribution >= 0.6 is 11.8 Å². The van der Waals surface area contributed by atoms with Gasteiger partial charge in [-0.05, 0) is 24.0 Å². The molecule has 0 saturated heterocycles. The SMILES string of the molecule is C[C@@H](Sc1nnc(-c2cccc([N+](=O)[O-])c2)o1)C(=O)c1ccc(C(C)(C)C)cc1. The number of carbonyl (C=O) groups is 1. The lowest BCUT2D eigenvalue weighted by atomic mass is 9.86. The second-order valence-electron chi connectivity index (χ2n) is 7.63. The summed E-state index contributed by atoms with van der Waals surface area (Å²) in [6.45, 7) is 8.15. The maximum absolute atomic E-state index is 12.7. The quantitative estimate of drug-likeness (QED) is 0.235. The molecule has 0 saturated carbocycles. The van der Waals surface area contributed by atoms with Crippen molar-refractivity contribution in [1.82, 2.24) is 10.2 Å². The molecule has 0 bridgehead atoms. The molecule has 0 aliphatic rings. The molecule has 0 aliphatic carbocycles. The largest absolute Gasteiger partial charge is 0.411 e. The Balaban J connectivity index is 1.71. The fourth-order valence-corrected chi connectivity index (χ4v) is 3.46. The molecule has 7 nitrogen and oxygen atoms in total. The Morgan fingerprint density at radius 1 is 1.14 bits per heavy atom. The normalized spacial score (nSPS) is 12.6. The van der Waals surface area contributed by atoms with E-state index in [-0.39, 0.29) is 28.0 Å². The van der Waals surface area contributed by atoms with Crippen LogP contribution in [0.3, 0.4) is 0 Å². The Morgan fingerprint density at radius 2 is 1.83 bits per heavy atom. The summed E-state index contributed by atoms with van der Waals surface area (Å²) >= 11 is 1.16. The first-order valence-corrected chi connectivity index (χ1v) is 9.93. The second kappa shape index (κ2) is 8.16. The molecular formula is C21H21N3O4S. The van der Waals surface area contributed by atoms with Gasteiger partial charge in [0, 0.05) is 23.3 Å². The summed E-state index contributed by atoms with van der Waals surface area (Å²) in [5.74, 6) is 0.135. The van der Waals surface area contributed by atoms with E-state index in [4.69, 9.17) is 4.42 Å². The van der Waals surface area contributed by atoms with Gasteiger partial charge in [-0.3, -0.25) is 14.9 Å². The number of hydrogen-bond acceptors (Lipinski definition) is 7. The van der Waals surface area contributed by atoms with Gasteiger partial charge in [0.05, 0.1) is 10.2 Å². The fraction of sp³-hybridized carbons (Fsp3) is 0.286. The number of ketones is 1. The van der Waals surface area contributed by atoms with Gasteiger partial charge in [-0.2, -0.15) is 0 Å². The molecule has 29 heavy (non-hydrogen) atoms. The maximum atomic E-state index is 12.7. The summed E-state index contributed by atoms with van der Waals surface area (Å²) in [6.07, 6.45) is 0. The highest BCUT2D eigenvalue weighted by molar-refractivity contribution is 8.00. The van der Waals surface area contributed by atoms with Crippen LogP contribution in [-0.4, -0.2) is 26.2 Å². The number of rotatable bonds is 6. The molecule has 150 valence electrons. The van der Waals surface area contributed by atoms with E-state index in [1.54, 1.807) is 19.1 Å². The summed E-state index contributed by atoms with van der Waals surface area (Å²) < 4.78 is 5.59. The summed E-state index contributed by atoms with van der Waals surface area (Å²) in [6, 6.07) is 13.6. The Morgan fingerprint density at radius 3 is 2.45 bits per heavy atom. The smallest absolute Gasteiger partial charge is 0.277 e. The molecule has 0 aliphatic heterocycles. The third-order valence-electron chi connectivity index (χ3n) is 4.39. The van der Waals surface area contributed by atoms with Gasteiger partial charge in [0.1, 0.15) is 0 Å². The number of carbonyl (C=O) groups excluding carboxylic acids is 1. The third kappa shape index (κ3) is 4.89. The van der Waals surface area contributed by atoms with E-state index in [0.29, 0.717) is 11.1 Å². The van der Waals surface area contributed by atoms with Crippen molar-refractivity contribution in [1.29, 1.82) is 0 Å². The topological polar surface area (TPSA) is 99.1 Å². The fourth-order valence-electron chi connectivity index (χ4n) is 2.70. The van der Waals surface area contributed by atoms with Crippen molar-refractivity contribution in [2.75, 3.05) is 0 Å². The first-order valence-electron chi connectivity index (χ1n) is 9.05. The van der Waals surface area contributed by atoms with Crippen molar-refractivity contribution in [2.24, 2.45) is 0 Å². The molecule has 1 aromatic heterocycles. The molecule has 0 N–H and O–H groups in total. The Bertz CT molecular complexity index is 1040. The Kier molecular flexibility index (Phi) is 5.83. The molecule has 2 aromatic carbocycles. The second-order valence-corrected chi connectivity index (χ2v) is 8.92. The lowest BCUT2D eigenvalue weighted by molar-refractivity contribution is -0.384. The maximum Gasteiger partial charge on any atom is 0.277 e. The summed E-state index contributed by atoms with van der Waals surface area (Å²) in [4.78, 5) is 23.2. The third-order valence-corrected chi connectivity index (χ3v) is 5.33. The van der Waals surface area contributed by atoms with Gasteiger partial charge in [-0.25, -0.2) is 0 Å². The highest BCUT2D eigenvalue weighted by Crippen LogP contribution is 2.29. The molecule has 8 heteroatoms. The standard InChI is InChI=1S/C21H21N3O4S/c1-13(18(25)14-8-10-16(11-9-14)21(2,3)4)29-20-23-22-19(28-20)15-6-5-7-17(12-15)24(26)27/h5-13H,1-4H3/t13-/m1/s1. The molecule has 0 amide bonds. The van der Waals surface area contributed by atoms with Gasteiger partial charge < -0.3 is 4.42 Å². The summed E-state index contributed by atoms with van der Waals surface area (Å²) in [7, 11) is 0. The molecule has 1 heterocycles. The lowest BCUT2D eigenvalue weighted by Gasteiger charge is -2.19. The van der Waals surface area contributed by atoms with Crippen molar-refractivity contribution in [2.45, 2.75) is 43.6 Å². The van der Waals surface area contributed by atoms with E-state index < -0.39 is 10.2 Å². The minimum Gasteiger partial charge on any atom is -0.411 e. The predicted molar refractivity (Wildman–Crippen MR) is 111 cm³/mol. The van der Waals surface area contributed by atoms with Crippen molar-refractivity contribution in [3.63, 3.8) is 0 Å². The number of thioether (sulfide) groups is 1. The van der Waals surface area contributed by atoms with Crippen molar-refractivity contribution < 1.29 is 14.1 Å². The average molecular weight is 411 g/mol. The van der Waals surface area contributed by atoms with Crippen LogP contribution in [-0.2, 0) is 5.41 Å². The number of non-ortho nitro benzene ring substituents is 1. The van der Waals surface area contributed by atoms with Crippen LogP contribution in [0.4, 0.5) is 5.69 Å². The first-order chi connectivity index (χ1) is 13.6. The van der Waals surface area contributed by atoms with E-state index >= 15 is 0 Å². The summed E-state index contributed by atoms with van der Waals surface area (Å²) in [5.41, 5.74) is 2.20. The van der Waals surface area contributed by atoms with Crippen LogP contribution in [0.15, 0.2) is 58.2 Å². The molecule has 0 fully saturated rings. The lowest BCUT2D eigenvalue weighted by Crippen LogP contribution is -2.15. The minimum atomic E-state index is -0.485. The average Bonchev–Trinajstić information content (AvgIpc) is 3.15. The van der Waals surface area contributed by atoms with Crippen LogP contribution in [0.5, 0.6) is 0 Å². The molecular weight excluding hydrogens is 390 g/mol. The zero-order valence-electron chi connectivity index (χ0n) is 16.6. The number of nitrogens with zero attached hydrogens (tertiary/aromatic N) is 3. The van der Waals surface area contributed by atoms with Crippen molar-refractivity contribution >= 4 is 23.2 Å². The molecule has 0 unspecified atom stereocenters. The monoisotopic (exact) mass is 411 g/mol. The molecule has 3 rings (SSSR count). The van der Waals surface area contributed by atoms with Gasteiger partial charge >= 0.3 is 0 Å². The van der Waals surface area contributed by atoms with Crippen molar-refractivity contribution in [3.05, 3.63) is 69.8 Å². The van der Waals surface area contributed by atoms with E-state index in [2.05, 4.69) is 31.0 Å². The zero-order valence-corrected chi connectivity index (χ0v) is 17.4. The van der Waals surface area contributed by atoms with Gasteiger partial charge in [-0.15, -0.1) is 10.2 Å². The Labute approximate surface area is 172 Å². The highest BCUT2D eigenvalue weighted by Gasteiger charge is 2.21. The van der Waals surface area contributed by atoms with E-state index in [1.807, 2.05) is 24.3 Å². The Hall–Kier alpha value is -3.00. The minimum absolute atomic E-state index is 0.0224. The number of nitro benzene ring substituents is 1. The molecule has 3 aromatic rings. The number of nitro groups is 1. The van der Waals surface area contributed by atoms with Gasteiger partial charge in [-0.1, -0.05) is 62.9 Å². The molecule has 1 atom stereocenters. The van der Waals surface area contributed by atoms with Crippen LogP contribution < -0.4 is 0 Å². The van der Waals surface area contributed by atoms with Crippen LogP contribution in [0.2, 0.25) is 0 Å². The number of hydrogen-bond donors (Lipinski definition) is 0. The van der Waals surface area contributed by atoms with E-state index in [9.17, 15) is 14.9 Å². The van der Waals surface area contributed by atoms with Crippen LogP contribution in [0.1, 0.15) is 43.6 Å². The van der Waals surface area contributed by atoms with Crippen LogP contribution in [0, 0.1) is 10.1 Å². The van der Waals surface area contributed by atoms with Gasteiger partial charge in [0.15, 0.2) is 5.78 Å². The molecule has 0 radical (unpaired) electrons. The van der Waals surface area contributed by atoms with Gasteiger partial charge in [0.25, 0.3) is 10.9 Å². The first kappa shape index (κ1) is 20.7. The molecule has 0 spiro atoms. The van der Waals surface area contributed by atoms with Crippen molar-refractivity contribution in [3.8, 4) is 11.5 Å². The van der Waals surface area contributed by atoms with E-state index in [1.165, 1.54) is 12.1 Å². The summed E-state index contributed by atoms with van der Waals surface area (Å²) in [5, 5.41) is 18.6. The van der Waals surface area contributed by atoms with E-state index in [0.717, 1.165) is 17.3 Å². The van der Waals surface area contributed by atoms with Crippen LogP contribution in [0.25, 0.3) is 11.5 Å². The predicted octanol–water partition coefficient (Wildman–Crippen LogP) is 5.31. The zero-order chi connectivity index (χ0) is 21.2. The number of Topliss-reactive ketones (excluding diaryl/α,β-unsaturated/α-hetero) is 1. The number of benzene rings is 2.